The minimum Gasteiger partial charge on any atom is -0.495 e. The highest BCUT2D eigenvalue weighted by atomic mass is 32.2. The van der Waals surface area contributed by atoms with Gasteiger partial charge in [-0.1, -0.05) is 65.1 Å². The highest BCUT2D eigenvalue weighted by Crippen LogP contribution is 2.31. The van der Waals surface area contributed by atoms with Gasteiger partial charge < -0.3 is 15.0 Å². The molecule has 1 N–H and O–H groups in total. The van der Waals surface area contributed by atoms with E-state index in [-0.39, 0.29) is 5.91 Å². The van der Waals surface area contributed by atoms with Crippen molar-refractivity contribution in [1.82, 2.24) is 15.1 Å². The smallest absolute Gasteiger partial charge is 0.233 e. The molecular weight excluding hydrogens is 392 g/mol. The van der Waals surface area contributed by atoms with Crippen LogP contribution in [0.3, 0.4) is 0 Å². The molecule has 0 radical (unpaired) electrons. The van der Waals surface area contributed by atoms with E-state index in [1.165, 1.54) is 28.7 Å². The largest absolute Gasteiger partial charge is 0.495 e. The Hall–Kier alpha value is -2.58. The molecule has 1 aromatic heterocycles. The van der Waals surface area contributed by atoms with Gasteiger partial charge in [0.25, 0.3) is 0 Å². The van der Waals surface area contributed by atoms with Gasteiger partial charge in [-0.2, -0.15) is 0 Å². The fraction of sp³-hybridized carbons (Fsp3) is 0.250. The summed E-state index contributed by atoms with van der Waals surface area (Å²) in [7, 11) is 3.44. The summed E-state index contributed by atoms with van der Waals surface area (Å²) in [6, 6.07) is 15.8. The van der Waals surface area contributed by atoms with Gasteiger partial charge in [-0.25, -0.2) is 0 Å². The van der Waals surface area contributed by atoms with E-state index in [1.54, 1.807) is 12.0 Å². The highest BCUT2D eigenvalue weighted by molar-refractivity contribution is 8.01. The average Bonchev–Trinajstić information content (AvgIpc) is 3.15. The normalized spacial score (nSPS) is 10.5. The van der Waals surface area contributed by atoms with Crippen LogP contribution in [0.15, 0.2) is 52.9 Å². The summed E-state index contributed by atoms with van der Waals surface area (Å²) in [5, 5.41) is 12.2. The second kappa shape index (κ2) is 9.57. The van der Waals surface area contributed by atoms with E-state index >= 15 is 0 Å². The van der Waals surface area contributed by atoms with Crippen molar-refractivity contribution in [1.29, 1.82) is 0 Å². The Morgan fingerprint density at radius 3 is 2.68 bits per heavy atom. The summed E-state index contributed by atoms with van der Waals surface area (Å²) in [6.45, 7) is 2.64. The minimum absolute atomic E-state index is 0.0556. The van der Waals surface area contributed by atoms with Crippen molar-refractivity contribution in [2.75, 3.05) is 25.2 Å². The molecule has 0 bridgehead atoms. The summed E-state index contributed by atoms with van der Waals surface area (Å²) in [4.78, 5) is 14.1. The van der Waals surface area contributed by atoms with Crippen molar-refractivity contribution in [2.45, 2.75) is 17.8 Å². The Morgan fingerprint density at radius 1 is 1.18 bits per heavy atom. The quantitative estimate of drug-likeness (QED) is 0.553. The molecule has 0 aliphatic heterocycles. The molecule has 8 heteroatoms. The van der Waals surface area contributed by atoms with E-state index in [0.29, 0.717) is 17.4 Å². The van der Waals surface area contributed by atoms with E-state index in [1.807, 2.05) is 50.4 Å². The van der Waals surface area contributed by atoms with Crippen molar-refractivity contribution in [3.8, 4) is 5.75 Å². The summed E-state index contributed by atoms with van der Waals surface area (Å²) in [5.41, 5.74) is 3.15. The van der Waals surface area contributed by atoms with Gasteiger partial charge in [0, 0.05) is 13.6 Å². The molecule has 28 heavy (non-hydrogen) atoms. The van der Waals surface area contributed by atoms with Crippen LogP contribution in [0, 0.1) is 6.92 Å². The number of ether oxygens (including phenoxy) is 1. The molecule has 6 nitrogen and oxygen atoms in total. The maximum absolute atomic E-state index is 12.4. The monoisotopic (exact) mass is 414 g/mol. The first-order valence-corrected chi connectivity index (χ1v) is 10.5. The molecule has 2 aromatic carbocycles. The predicted molar refractivity (Wildman–Crippen MR) is 115 cm³/mol. The number of nitrogens with zero attached hydrogens (tertiary/aromatic N) is 3. The number of nitrogens with one attached hydrogen (secondary N) is 1. The molecule has 1 heterocycles. The molecule has 1 amide bonds. The molecule has 0 aliphatic carbocycles. The van der Waals surface area contributed by atoms with Gasteiger partial charge in [0.2, 0.25) is 11.0 Å². The third-order valence-electron chi connectivity index (χ3n) is 4.04. The number of para-hydroxylation sites is 2. The van der Waals surface area contributed by atoms with Gasteiger partial charge in [-0.3, -0.25) is 4.79 Å². The van der Waals surface area contributed by atoms with Gasteiger partial charge in [0.15, 0.2) is 4.34 Å². The van der Waals surface area contributed by atoms with Crippen molar-refractivity contribution in [2.24, 2.45) is 0 Å². The van der Waals surface area contributed by atoms with Gasteiger partial charge in [0.05, 0.1) is 18.6 Å². The zero-order chi connectivity index (χ0) is 19.9. The second-order valence-electron chi connectivity index (χ2n) is 6.22. The molecule has 0 fully saturated rings. The molecule has 0 saturated heterocycles. The number of methoxy groups -OCH3 is 1. The van der Waals surface area contributed by atoms with E-state index in [0.717, 1.165) is 21.3 Å². The minimum atomic E-state index is 0.0556. The Morgan fingerprint density at radius 2 is 1.93 bits per heavy atom. The number of carbonyl (C=O) groups is 1. The predicted octanol–water partition coefficient (Wildman–Crippen LogP) is 4.35. The molecule has 3 aromatic rings. The number of carbonyl (C=O) groups excluding carboxylic acids is 1. The van der Waals surface area contributed by atoms with Gasteiger partial charge in [-0.05, 0) is 24.6 Å². The van der Waals surface area contributed by atoms with E-state index in [9.17, 15) is 4.79 Å². The lowest BCUT2D eigenvalue weighted by Crippen LogP contribution is -2.27. The Kier molecular flexibility index (Phi) is 6.89. The van der Waals surface area contributed by atoms with Crippen LogP contribution in [0.2, 0.25) is 0 Å². The van der Waals surface area contributed by atoms with Gasteiger partial charge in [-0.15, -0.1) is 10.2 Å². The van der Waals surface area contributed by atoms with Crippen molar-refractivity contribution in [3.63, 3.8) is 0 Å². The van der Waals surface area contributed by atoms with Crippen LogP contribution in [0.1, 0.15) is 11.1 Å². The fourth-order valence-corrected chi connectivity index (χ4v) is 4.18. The number of benzene rings is 2. The van der Waals surface area contributed by atoms with Crippen LogP contribution in [0.4, 0.5) is 10.8 Å². The van der Waals surface area contributed by atoms with E-state index in [4.69, 9.17) is 4.74 Å². The number of amides is 1. The van der Waals surface area contributed by atoms with Crippen LogP contribution in [0.5, 0.6) is 5.75 Å². The molecule has 0 unspecified atom stereocenters. The maximum Gasteiger partial charge on any atom is 0.233 e. The molecule has 146 valence electrons. The van der Waals surface area contributed by atoms with E-state index < -0.39 is 0 Å². The summed E-state index contributed by atoms with van der Waals surface area (Å²) in [5.74, 6) is 1.12. The topological polar surface area (TPSA) is 67.3 Å². The van der Waals surface area contributed by atoms with Crippen LogP contribution < -0.4 is 10.1 Å². The van der Waals surface area contributed by atoms with Crippen molar-refractivity contribution >= 4 is 39.8 Å². The highest BCUT2D eigenvalue weighted by Gasteiger charge is 2.13. The first-order chi connectivity index (χ1) is 13.5. The average molecular weight is 415 g/mol. The van der Waals surface area contributed by atoms with Crippen molar-refractivity contribution in [3.05, 3.63) is 59.7 Å². The molecule has 0 atom stereocenters. The Balaban J connectivity index is 1.52. The van der Waals surface area contributed by atoms with Crippen LogP contribution >= 0.6 is 23.1 Å². The molecule has 0 saturated carbocycles. The summed E-state index contributed by atoms with van der Waals surface area (Å²) >= 11 is 2.80. The number of anilines is 2. The number of rotatable bonds is 8. The van der Waals surface area contributed by atoms with Crippen molar-refractivity contribution < 1.29 is 9.53 Å². The second-order valence-corrected chi connectivity index (χ2v) is 8.42. The van der Waals surface area contributed by atoms with Crippen LogP contribution in [-0.4, -0.2) is 40.9 Å². The lowest BCUT2D eigenvalue weighted by molar-refractivity contribution is -0.127. The van der Waals surface area contributed by atoms with Crippen LogP contribution in [0.25, 0.3) is 0 Å². The number of aromatic nitrogens is 2. The standard InChI is InChI=1S/C20H22N4O2S2/c1-14-8-10-15(11-9-14)12-24(2)18(25)13-27-20-23-22-19(28-20)21-16-6-4-5-7-17(16)26-3/h4-11H,12-13H2,1-3H3,(H,21,22). The number of hydrogen-bond acceptors (Lipinski definition) is 7. The maximum atomic E-state index is 12.4. The number of thioether (sulfide) groups is 1. The third-order valence-corrected chi connectivity index (χ3v) is 6.00. The summed E-state index contributed by atoms with van der Waals surface area (Å²) < 4.78 is 6.07. The molecule has 0 spiro atoms. The lowest BCUT2D eigenvalue weighted by atomic mass is 10.1. The summed E-state index contributed by atoms with van der Waals surface area (Å²) in [6.07, 6.45) is 0. The van der Waals surface area contributed by atoms with Gasteiger partial charge >= 0.3 is 0 Å². The molecular formula is C20H22N4O2S2. The molecule has 0 aliphatic rings. The number of hydrogen-bond donors (Lipinski definition) is 1. The third kappa shape index (κ3) is 5.46. The Bertz CT molecular complexity index is 928. The zero-order valence-electron chi connectivity index (χ0n) is 16.0. The lowest BCUT2D eigenvalue weighted by Gasteiger charge is -2.16. The first kappa shape index (κ1) is 20.2. The molecule has 3 rings (SSSR count). The fourth-order valence-electron chi connectivity index (χ4n) is 2.47. The first-order valence-electron chi connectivity index (χ1n) is 8.71. The Labute approximate surface area is 172 Å². The van der Waals surface area contributed by atoms with Crippen LogP contribution in [-0.2, 0) is 11.3 Å². The van der Waals surface area contributed by atoms with Gasteiger partial charge in [0.1, 0.15) is 5.75 Å². The number of aryl methyl sites for hydroxylation is 1. The zero-order valence-corrected chi connectivity index (χ0v) is 17.6. The van der Waals surface area contributed by atoms with E-state index in [2.05, 4.69) is 27.6 Å². The SMILES string of the molecule is COc1ccccc1Nc1nnc(SCC(=O)N(C)Cc2ccc(C)cc2)s1.